The molecule has 2 heterocycles. The van der Waals surface area contributed by atoms with Crippen LogP contribution in [0.25, 0.3) is 10.8 Å². The normalized spacial score (nSPS) is 17.5. The minimum atomic E-state index is -1.17. The number of nitrogens with one attached hydrogen (secondary N) is 3. The van der Waals surface area contributed by atoms with Crippen LogP contribution in [0.15, 0.2) is 85.3 Å². The van der Waals surface area contributed by atoms with Gasteiger partial charge in [0.05, 0.1) is 11.9 Å². The number of hydrogen-bond donors (Lipinski definition) is 4. The third-order valence-electron chi connectivity index (χ3n) is 7.73. The number of hydrogen-bond acceptors (Lipinski definition) is 6. The summed E-state index contributed by atoms with van der Waals surface area (Å²) in [6.45, 7) is 4.00. The Balaban J connectivity index is 1.42. The molecule has 0 saturated carbocycles. The third kappa shape index (κ3) is 5.91. The first-order valence-corrected chi connectivity index (χ1v) is 13.9. The van der Waals surface area contributed by atoms with Crippen molar-refractivity contribution in [3.63, 3.8) is 0 Å². The largest absolute Gasteiger partial charge is 0.342 e. The van der Waals surface area contributed by atoms with E-state index in [-0.39, 0.29) is 18.3 Å². The first kappa shape index (κ1) is 28.2. The Hall–Kier alpha value is -4.34. The fourth-order valence-electron chi connectivity index (χ4n) is 5.46. The maximum absolute atomic E-state index is 13.6. The van der Waals surface area contributed by atoms with E-state index in [1.807, 2.05) is 72.8 Å². The molecule has 2 amide bonds. The Morgan fingerprint density at radius 2 is 1.83 bits per heavy atom. The van der Waals surface area contributed by atoms with E-state index in [0.717, 1.165) is 47.6 Å². The molecule has 4 aromatic rings. The Bertz CT molecular complexity index is 1540. The van der Waals surface area contributed by atoms with Crippen LogP contribution in [-0.2, 0) is 26.3 Å². The lowest BCUT2D eigenvalue weighted by atomic mass is 9.82. The summed E-state index contributed by atoms with van der Waals surface area (Å²) in [4.78, 5) is 43.7. The van der Waals surface area contributed by atoms with Crippen LogP contribution >= 0.6 is 0 Å². The lowest BCUT2D eigenvalue weighted by Gasteiger charge is -2.36. The second kappa shape index (κ2) is 11.6. The molecule has 1 aromatic heterocycles. The van der Waals surface area contributed by atoms with E-state index in [2.05, 4.69) is 20.9 Å². The summed E-state index contributed by atoms with van der Waals surface area (Å²) in [7, 11) is 0. The van der Waals surface area contributed by atoms with E-state index in [1.54, 1.807) is 30.9 Å². The summed E-state index contributed by atoms with van der Waals surface area (Å²) in [5.74, 6) is -0.600. The fraction of sp³-hybridized carbons (Fsp3) is 0.312. The van der Waals surface area contributed by atoms with Crippen LogP contribution in [0, 0.1) is 0 Å². The zero-order chi connectivity index (χ0) is 29.0. The molecule has 3 atom stereocenters. The van der Waals surface area contributed by atoms with Crippen LogP contribution in [0.2, 0.25) is 0 Å². The number of carbonyl (C=O) groups excluding carboxylic acids is 3. The van der Waals surface area contributed by atoms with Crippen LogP contribution in [0.3, 0.4) is 0 Å². The van der Waals surface area contributed by atoms with E-state index in [0.29, 0.717) is 0 Å². The van der Waals surface area contributed by atoms with Crippen molar-refractivity contribution in [2.24, 2.45) is 5.73 Å². The molecule has 5 rings (SSSR count). The van der Waals surface area contributed by atoms with Gasteiger partial charge in [0.15, 0.2) is 12.1 Å². The van der Waals surface area contributed by atoms with Gasteiger partial charge >= 0.3 is 0 Å². The summed E-state index contributed by atoms with van der Waals surface area (Å²) < 4.78 is 1.76. The van der Waals surface area contributed by atoms with Crippen LogP contribution < -0.4 is 21.7 Å². The number of benzene rings is 3. The van der Waals surface area contributed by atoms with Crippen molar-refractivity contribution in [1.29, 1.82) is 0 Å². The van der Waals surface area contributed by atoms with Gasteiger partial charge in [-0.1, -0.05) is 72.8 Å². The number of rotatable bonds is 10. The van der Waals surface area contributed by atoms with Gasteiger partial charge in [-0.05, 0) is 55.1 Å². The average molecular weight is 553 g/mol. The number of nitrogens with two attached hydrogens (primary N) is 1. The zero-order valence-corrected chi connectivity index (χ0v) is 23.3. The molecule has 0 bridgehead atoms. The van der Waals surface area contributed by atoms with Crippen molar-refractivity contribution in [1.82, 2.24) is 20.2 Å². The molecule has 41 heavy (non-hydrogen) atoms. The average Bonchev–Trinajstić information content (AvgIpc) is 3.67. The van der Waals surface area contributed by atoms with Gasteiger partial charge in [-0.15, -0.1) is 0 Å². The molecule has 9 heteroatoms. The van der Waals surface area contributed by atoms with Gasteiger partial charge in [0.1, 0.15) is 11.6 Å². The predicted molar refractivity (Wildman–Crippen MR) is 159 cm³/mol. The van der Waals surface area contributed by atoms with Crippen molar-refractivity contribution in [3.05, 3.63) is 96.4 Å². The molecule has 0 aliphatic carbocycles. The summed E-state index contributed by atoms with van der Waals surface area (Å²) in [6, 6.07) is 22.5. The van der Waals surface area contributed by atoms with Gasteiger partial charge in [-0.3, -0.25) is 9.59 Å². The molecule has 1 aliphatic rings. The SMILES string of the molecule is CC(C)(N)C(=O)N[C@H](Cc1ccc2ccccc2c1)C(=O)Nc1cn(C(C=O)(c2ccccc2)C2CCCN2)cn1. The van der Waals surface area contributed by atoms with Gasteiger partial charge < -0.3 is 31.0 Å². The number of aromatic nitrogens is 2. The third-order valence-corrected chi connectivity index (χ3v) is 7.73. The molecule has 0 radical (unpaired) electrons. The number of imidazole rings is 1. The van der Waals surface area contributed by atoms with Gasteiger partial charge in [0.25, 0.3) is 0 Å². The molecular formula is C32H36N6O3. The second-order valence-corrected chi connectivity index (χ2v) is 11.2. The summed E-state index contributed by atoms with van der Waals surface area (Å²) in [5.41, 5.74) is 5.55. The number of carbonyl (C=O) groups is 3. The topological polar surface area (TPSA) is 131 Å². The fourth-order valence-corrected chi connectivity index (χ4v) is 5.46. The second-order valence-electron chi connectivity index (χ2n) is 11.2. The van der Waals surface area contributed by atoms with Crippen LogP contribution in [0.1, 0.15) is 37.8 Å². The minimum Gasteiger partial charge on any atom is -0.342 e. The number of nitrogens with zero attached hydrogens (tertiary/aromatic N) is 2. The maximum atomic E-state index is 13.6. The molecule has 1 aliphatic heterocycles. The van der Waals surface area contributed by atoms with Crippen molar-refractivity contribution in [2.45, 2.75) is 56.3 Å². The quantitative estimate of drug-likeness (QED) is 0.224. The summed E-state index contributed by atoms with van der Waals surface area (Å²) in [6.07, 6.45) is 6.22. The lowest BCUT2D eigenvalue weighted by Crippen LogP contribution is -2.55. The Morgan fingerprint density at radius 1 is 1.10 bits per heavy atom. The van der Waals surface area contributed by atoms with Crippen molar-refractivity contribution >= 4 is 34.7 Å². The molecule has 9 nitrogen and oxygen atoms in total. The monoisotopic (exact) mass is 552 g/mol. The molecule has 5 N–H and O–H groups in total. The highest BCUT2D eigenvalue weighted by Crippen LogP contribution is 2.33. The van der Waals surface area contributed by atoms with Crippen molar-refractivity contribution < 1.29 is 14.4 Å². The number of amides is 2. The predicted octanol–water partition coefficient (Wildman–Crippen LogP) is 3.13. The van der Waals surface area contributed by atoms with Gasteiger partial charge in [-0.2, -0.15) is 0 Å². The van der Waals surface area contributed by atoms with E-state index in [4.69, 9.17) is 5.73 Å². The molecule has 1 saturated heterocycles. The van der Waals surface area contributed by atoms with Crippen LogP contribution in [0.5, 0.6) is 0 Å². The highest BCUT2D eigenvalue weighted by atomic mass is 16.2. The van der Waals surface area contributed by atoms with E-state index in [9.17, 15) is 14.4 Å². The first-order valence-electron chi connectivity index (χ1n) is 13.9. The van der Waals surface area contributed by atoms with Gasteiger partial charge in [0.2, 0.25) is 11.8 Å². The smallest absolute Gasteiger partial charge is 0.248 e. The van der Waals surface area contributed by atoms with Crippen LogP contribution in [0.4, 0.5) is 5.82 Å². The minimum absolute atomic E-state index is 0.133. The first-order chi connectivity index (χ1) is 19.7. The van der Waals surface area contributed by atoms with Crippen molar-refractivity contribution in [2.75, 3.05) is 11.9 Å². The lowest BCUT2D eigenvalue weighted by molar-refractivity contribution is -0.129. The Kier molecular flexibility index (Phi) is 8.01. The van der Waals surface area contributed by atoms with Gasteiger partial charge in [0, 0.05) is 18.7 Å². The Morgan fingerprint density at radius 3 is 2.51 bits per heavy atom. The Labute approximate surface area is 239 Å². The number of aldehydes is 1. The number of anilines is 1. The maximum Gasteiger partial charge on any atom is 0.248 e. The van der Waals surface area contributed by atoms with Crippen molar-refractivity contribution in [3.8, 4) is 0 Å². The molecule has 212 valence electrons. The molecule has 0 spiro atoms. The van der Waals surface area contributed by atoms with Crippen LogP contribution in [-0.4, -0.2) is 51.8 Å². The van der Waals surface area contributed by atoms with E-state index in [1.165, 1.54) is 0 Å². The molecule has 3 aromatic carbocycles. The zero-order valence-electron chi connectivity index (χ0n) is 23.3. The summed E-state index contributed by atoms with van der Waals surface area (Å²) in [5, 5.41) is 11.3. The van der Waals surface area contributed by atoms with Gasteiger partial charge in [-0.25, -0.2) is 4.98 Å². The van der Waals surface area contributed by atoms with E-state index >= 15 is 0 Å². The molecule has 2 unspecified atom stereocenters. The molecular weight excluding hydrogens is 516 g/mol. The summed E-state index contributed by atoms with van der Waals surface area (Å²) >= 11 is 0. The molecule has 1 fully saturated rings. The highest BCUT2D eigenvalue weighted by Gasteiger charge is 2.43. The van der Waals surface area contributed by atoms with E-state index < -0.39 is 28.9 Å². The standard InChI is InChI=1S/C32H36N6O3/c1-31(2,33)30(41)36-26(18-22-14-15-23-9-6-7-10-24(23)17-22)29(40)37-28-19-38(21-35-28)32(20-39,27-13-8-16-34-27)25-11-4-3-5-12-25/h3-7,9-12,14-15,17,19-21,26-27,34H,8,13,16,18,33H2,1-2H3,(H,36,41)(H,37,40)/t26-,27?,32?/m1/s1. The number of fused-ring (bicyclic) bond motifs is 1. The highest BCUT2D eigenvalue weighted by molar-refractivity contribution is 5.98.